The van der Waals surface area contributed by atoms with Gasteiger partial charge < -0.3 is 14.8 Å². The summed E-state index contributed by atoms with van der Waals surface area (Å²) in [5.41, 5.74) is -1.66. The van der Waals surface area contributed by atoms with Crippen LogP contribution in [-0.2, 0) is 15.9 Å². The van der Waals surface area contributed by atoms with Crippen LogP contribution in [0.15, 0.2) is 59.6 Å². The third-order valence-corrected chi connectivity index (χ3v) is 5.45. The number of methoxy groups -OCH3 is 1. The third kappa shape index (κ3) is 5.77. The Bertz CT molecular complexity index is 1310. The maximum absolute atomic E-state index is 13.4. The number of rotatable bonds is 6. The van der Waals surface area contributed by atoms with E-state index >= 15 is 0 Å². The number of ether oxygens (including phenoxy) is 2. The summed E-state index contributed by atoms with van der Waals surface area (Å²) in [4.78, 5) is 16.6. The topological polar surface area (TPSA) is 101 Å². The lowest BCUT2D eigenvalue weighted by Crippen LogP contribution is -2.16. The van der Waals surface area contributed by atoms with E-state index in [1.54, 1.807) is 0 Å². The molecule has 0 radical (unpaired) electrons. The predicted molar refractivity (Wildman–Crippen MR) is 112 cm³/mol. The average molecular weight is 483 g/mol. The number of carbonyl (C=O) groups is 1. The molecule has 2 aromatic carbocycles. The van der Waals surface area contributed by atoms with Gasteiger partial charge in [-0.05, 0) is 36.4 Å². The summed E-state index contributed by atoms with van der Waals surface area (Å²) >= 11 is 0. The molecule has 1 amide bonds. The Morgan fingerprint density at radius 2 is 1.85 bits per heavy atom. The molecule has 1 unspecified atom stereocenters. The number of benzene rings is 2. The molecule has 0 aliphatic rings. The molecule has 1 aromatic heterocycles. The molecule has 3 aromatic rings. The molecule has 0 saturated heterocycles. The van der Waals surface area contributed by atoms with E-state index < -0.39 is 44.6 Å². The molecular weight excluding hydrogens is 466 g/mol. The zero-order chi connectivity index (χ0) is 24.4. The van der Waals surface area contributed by atoms with Gasteiger partial charge in [-0.2, -0.15) is 13.2 Å². The largest absolute Gasteiger partial charge is 0.493 e. The van der Waals surface area contributed by atoms with Gasteiger partial charge in [0.25, 0.3) is 5.91 Å². The first-order chi connectivity index (χ1) is 15.4. The normalized spacial score (nSPS) is 13.2. The van der Waals surface area contributed by atoms with Gasteiger partial charge in [0, 0.05) is 29.1 Å². The fourth-order valence-electron chi connectivity index (χ4n) is 2.70. The summed E-state index contributed by atoms with van der Waals surface area (Å²) in [7, 11) is -1.86. The van der Waals surface area contributed by atoms with E-state index in [0.717, 1.165) is 12.1 Å². The number of halogens is 4. The zero-order valence-electron chi connectivity index (χ0n) is 17.2. The summed E-state index contributed by atoms with van der Waals surface area (Å²) in [6, 6.07) is 9.31. The summed E-state index contributed by atoms with van der Waals surface area (Å²) in [5, 5.41) is 2.39. The SMILES string of the molecule is COc1cc(F)ccc1Oc1ncc(C(F)(F)F)cc1C(=O)Nc1cccc(S(C)(=N)=O)c1. The molecule has 0 aliphatic heterocycles. The summed E-state index contributed by atoms with van der Waals surface area (Å²) in [5.74, 6) is -2.28. The number of pyridine rings is 1. The quantitative estimate of drug-likeness (QED) is 0.462. The van der Waals surface area contributed by atoms with Crippen LogP contribution in [-0.4, -0.2) is 28.5 Å². The number of aromatic nitrogens is 1. The lowest BCUT2D eigenvalue weighted by molar-refractivity contribution is -0.137. The maximum Gasteiger partial charge on any atom is 0.417 e. The van der Waals surface area contributed by atoms with Crippen LogP contribution < -0.4 is 14.8 Å². The van der Waals surface area contributed by atoms with Gasteiger partial charge in [-0.15, -0.1) is 0 Å². The molecule has 1 atom stereocenters. The average Bonchev–Trinajstić information content (AvgIpc) is 2.74. The van der Waals surface area contributed by atoms with Crippen molar-refractivity contribution in [1.82, 2.24) is 4.98 Å². The fraction of sp³-hybridized carbons (Fsp3) is 0.143. The molecule has 7 nitrogen and oxygen atoms in total. The Morgan fingerprint density at radius 3 is 2.48 bits per heavy atom. The first-order valence-corrected chi connectivity index (χ1v) is 11.1. The van der Waals surface area contributed by atoms with E-state index in [1.165, 1.54) is 43.7 Å². The number of nitrogens with one attached hydrogen (secondary N) is 2. The minimum absolute atomic E-state index is 0.0658. The van der Waals surface area contributed by atoms with Crippen molar-refractivity contribution >= 4 is 21.3 Å². The van der Waals surface area contributed by atoms with Crippen LogP contribution in [0.1, 0.15) is 15.9 Å². The minimum Gasteiger partial charge on any atom is -0.493 e. The highest BCUT2D eigenvalue weighted by Crippen LogP contribution is 2.36. The second-order valence-electron chi connectivity index (χ2n) is 6.80. The Labute approximate surface area is 186 Å². The molecule has 0 spiro atoms. The summed E-state index contributed by atoms with van der Waals surface area (Å²) in [6.07, 6.45) is -3.10. The van der Waals surface area contributed by atoms with E-state index in [9.17, 15) is 26.6 Å². The van der Waals surface area contributed by atoms with E-state index in [-0.39, 0.29) is 22.1 Å². The Kier molecular flexibility index (Phi) is 6.58. The molecule has 0 bridgehead atoms. The molecule has 1 heterocycles. The highest BCUT2D eigenvalue weighted by atomic mass is 32.2. The van der Waals surface area contributed by atoms with Crippen molar-refractivity contribution < 1.29 is 36.0 Å². The van der Waals surface area contributed by atoms with E-state index in [0.29, 0.717) is 12.3 Å². The number of anilines is 1. The van der Waals surface area contributed by atoms with Crippen molar-refractivity contribution in [2.24, 2.45) is 0 Å². The van der Waals surface area contributed by atoms with Crippen LogP contribution in [0.2, 0.25) is 0 Å². The van der Waals surface area contributed by atoms with Crippen molar-refractivity contribution in [3.05, 3.63) is 71.7 Å². The van der Waals surface area contributed by atoms with Gasteiger partial charge in [0.05, 0.1) is 22.4 Å². The third-order valence-electron chi connectivity index (χ3n) is 4.30. The maximum atomic E-state index is 13.4. The number of amides is 1. The zero-order valence-corrected chi connectivity index (χ0v) is 18.0. The Morgan fingerprint density at radius 1 is 1.12 bits per heavy atom. The van der Waals surface area contributed by atoms with Crippen LogP contribution in [0.5, 0.6) is 17.4 Å². The lowest BCUT2D eigenvalue weighted by atomic mass is 10.1. The van der Waals surface area contributed by atoms with Gasteiger partial charge in [-0.25, -0.2) is 18.4 Å². The van der Waals surface area contributed by atoms with Gasteiger partial charge in [-0.1, -0.05) is 6.07 Å². The van der Waals surface area contributed by atoms with Gasteiger partial charge in [0.15, 0.2) is 11.5 Å². The number of hydrogen-bond donors (Lipinski definition) is 2. The van der Waals surface area contributed by atoms with Crippen LogP contribution in [0.4, 0.5) is 23.2 Å². The van der Waals surface area contributed by atoms with Crippen molar-refractivity contribution in [2.45, 2.75) is 11.1 Å². The highest BCUT2D eigenvalue weighted by Gasteiger charge is 2.33. The van der Waals surface area contributed by atoms with Crippen LogP contribution in [0.25, 0.3) is 0 Å². The summed E-state index contributed by atoms with van der Waals surface area (Å²) in [6.45, 7) is 0. The highest BCUT2D eigenvalue weighted by molar-refractivity contribution is 7.91. The van der Waals surface area contributed by atoms with Crippen LogP contribution in [0, 0.1) is 10.6 Å². The molecular formula is C21H17F4N3O4S. The van der Waals surface area contributed by atoms with Crippen LogP contribution >= 0.6 is 0 Å². The molecule has 0 fully saturated rings. The molecule has 2 N–H and O–H groups in total. The predicted octanol–water partition coefficient (Wildman–Crippen LogP) is 5.33. The second-order valence-corrected chi connectivity index (χ2v) is 8.96. The first kappa shape index (κ1) is 24.0. The molecule has 12 heteroatoms. The fourth-order valence-corrected chi connectivity index (χ4v) is 3.39. The Balaban J connectivity index is 2.02. The Hall–Kier alpha value is -3.67. The number of nitrogens with zero attached hydrogens (tertiary/aromatic N) is 1. The van der Waals surface area contributed by atoms with E-state index in [2.05, 4.69) is 10.3 Å². The molecule has 0 saturated carbocycles. The van der Waals surface area contributed by atoms with E-state index in [1.807, 2.05) is 0 Å². The molecule has 0 aliphatic carbocycles. The number of carbonyl (C=O) groups excluding carboxylic acids is 1. The molecule has 33 heavy (non-hydrogen) atoms. The molecule has 3 rings (SSSR count). The van der Waals surface area contributed by atoms with Crippen molar-refractivity contribution in [2.75, 3.05) is 18.7 Å². The second kappa shape index (κ2) is 9.06. The molecule has 174 valence electrons. The smallest absolute Gasteiger partial charge is 0.417 e. The van der Waals surface area contributed by atoms with Crippen molar-refractivity contribution in [1.29, 1.82) is 4.78 Å². The van der Waals surface area contributed by atoms with E-state index in [4.69, 9.17) is 14.3 Å². The number of hydrogen-bond acceptors (Lipinski definition) is 6. The summed E-state index contributed by atoms with van der Waals surface area (Å²) < 4.78 is 83.2. The number of alkyl halides is 3. The van der Waals surface area contributed by atoms with Crippen LogP contribution in [0.3, 0.4) is 0 Å². The van der Waals surface area contributed by atoms with Gasteiger partial charge >= 0.3 is 6.18 Å². The first-order valence-electron chi connectivity index (χ1n) is 9.12. The minimum atomic E-state index is -4.78. The standard InChI is InChI=1S/C21H17F4N3O4S/c1-31-18-9-13(22)6-7-17(18)32-20-16(8-12(11-27-20)21(23,24)25)19(29)28-14-4-3-5-15(10-14)33(2,26)30/h3-11,26H,1-2H3,(H,28,29). The van der Waals surface area contributed by atoms with Gasteiger partial charge in [0.1, 0.15) is 11.4 Å². The van der Waals surface area contributed by atoms with Crippen molar-refractivity contribution in [3.8, 4) is 17.4 Å². The lowest BCUT2D eigenvalue weighted by Gasteiger charge is -2.15. The van der Waals surface area contributed by atoms with Crippen molar-refractivity contribution in [3.63, 3.8) is 0 Å². The van der Waals surface area contributed by atoms with Gasteiger partial charge in [-0.3, -0.25) is 4.79 Å². The van der Waals surface area contributed by atoms with Gasteiger partial charge in [0.2, 0.25) is 5.88 Å². The monoisotopic (exact) mass is 483 g/mol.